The highest BCUT2D eigenvalue weighted by molar-refractivity contribution is 7.89. The Balaban J connectivity index is 3.29. The summed E-state index contributed by atoms with van der Waals surface area (Å²) >= 11 is 11.8. The van der Waals surface area contributed by atoms with Gasteiger partial charge in [0.1, 0.15) is 4.90 Å². The molecule has 0 saturated carbocycles. The Labute approximate surface area is 128 Å². The standard InChI is InChI=1S/C12H15Cl2N3O2S/c1-3-17(7-8(2)6-15)20(18,19)10-5-4-9(13)12(16)11(10)14/h4-5,8H,3,7,16H2,1-2H3. The van der Waals surface area contributed by atoms with Crippen molar-refractivity contribution in [1.29, 1.82) is 5.26 Å². The number of sulfonamides is 1. The minimum absolute atomic E-state index is 0.0267. The van der Waals surface area contributed by atoms with E-state index in [-0.39, 0.29) is 33.7 Å². The van der Waals surface area contributed by atoms with Gasteiger partial charge in [0, 0.05) is 13.1 Å². The molecular formula is C12H15Cl2N3O2S. The Morgan fingerprint density at radius 2 is 2.05 bits per heavy atom. The lowest BCUT2D eigenvalue weighted by atomic mass is 10.2. The number of nitrogens with zero attached hydrogens (tertiary/aromatic N) is 2. The summed E-state index contributed by atoms with van der Waals surface area (Å²) in [4.78, 5) is -0.104. The van der Waals surface area contributed by atoms with Crippen LogP contribution in [-0.4, -0.2) is 25.8 Å². The smallest absolute Gasteiger partial charge is 0.244 e. The Kier molecular flexibility index (Phi) is 5.66. The molecule has 0 aliphatic heterocycles. The van der Waals surface area contributed by atoms with Gasteiger partial charge in [-0.1, -0.05) is 30.1 Å². The first-order valence-corrected chi connectivity index (χ1v) is 8.08. The molecule has 0 fully saturated rings. The maximum absolute atomic E-state index is 12.5. The van der Waals surface area contributed by atoms with Gasteiger partial charge < -0.3 is 5.73 Å². The van der Waals surface area contributed by atoms with Gasteiger partial charge in [-0.05, 0) is 19.1 Å². The van der Waals surface area contributed by atoms with Crippen molar-refractivity contribution >= 4 is 38.9 Å². The van der Waals surface area contributed by atoms with Crippen LogP contribution < -0.4 is 5.73 Å². The number of nitrogens with two attached hydrogens (primary N) is 1. The van der Waals surface area contributed by atoms with Crippen LogP contribution in [-0.2, 0) is 10.0 Å². The van der Waals surface area contributed by atoms with E-state index in [0.29, 0.717) is 0 Å². The normalized spacial score (nSPS) is 13.2. The highest BCUT2D eigenvalue weighted by Crippen LogP contribution is 2.34. The van der Waals surface area contributed by atoms with Crippen molar-refractivity contribution in [1.82, 2.24) is 4.31 Å². The fourth-order valence-electron chi connectivity index (χ4n) is 1.63. The fourth-order valence-corrected chi connectivity index (χ4v) is 3.91. The second-order valence-electron chi connectivity index (χ2n) is 4.26. The van der Waals surface area contributed by atoms with E-state index in [1.807, 2.05) is 6.07 Å². The fraction of sp³-hybridized carbons (Fsp3) is 0.417. The summed E-state index contributed by atoms with van der Waals surface area (Å²) in [5.74, 6) is -0.423. The van der Waals surface area contributed by atoms with E-state index < -0.39 is 15.9 Å². The molecule has 20 heavy (non-hydrogen) atoms. The summed E-state index contributed by atoms with van der Waals surface area (Å²) in [6.07, 6.45) is 0. The topological polar surface area (TPSA) is 87.2 Å². The van der Waals surface area contributed by atoms with Gasteiger partial charge in [0.25, 0.3) is 0 Å². The van der Waals surface area contributed by atoms with Gasteiger partial charge in [0.2, 0.25) is 10.0 Å². The third-order valence-electron chi connectivity index (χ3n) is 2.76. The van der Waals surface area contributed by atoms with Crippen LogP contribution in [0.5, 0.6) is 0 Å². The molecule has 2 N–H and O–H groups in total. The predicted molar refractivity (Wildman–Crippen MR) is 80.1 cm³/mol. The molecule has 0 amide bonds. The zero-order valence-corrected chi connectivity index (χ0v) is 13.4. The van der Waals surface area contributed by atoms with E-state index in [0.717, 1.165) is 0 Å². The molecule has 0 aliphatic carbocycles. The van der Waals surface area contributed by atoms with Crippen LogP contribution in [0, 0.1) is 17.2 Å². The molecular weight excluding hydrogens is 321 g/mol. The lowest BCUT2D eigenvalue weighted by Crippen LogP contribution is -2.34. The van der Waals surface area contributed by atoms with Gasteiger partial charge in [-0.2, -0.15) is 9.57 Å². The molecule has 0 spiro atoms. The Morgan fingerprint density at radius 3 is 2.55 bits per heavy atom. The quantitative estimate of drug-likeness (QED) is 0.838. The number of hydrogen-bond donors (Lipinski definition) is 1. The first-order chi connectivity index (χ1) is 9.25. The van der Waals surface area contributed by atoms with E-state index in [2.05, 4.69) is 0 Å². The predicted octanol–water partition coefficient (Wildman–Crippen LogP) is 2.75. The van der Waals surface area contributed by atoms with Crippen molar-refractivity contribution in [2.24, 2.45) is 5.92 Å². The van der Waals surface area contributed by atoms with Crippen LogP contribution in [0.1, 0.15) is 13.8 Å². The zero-order chi connectivity index (χ0) is 15.5. The highest BCUT2D eigenvalue weighted by Gasteiger charge is 2.28. The van der Waals surface area contributed by atoms with E-state index in [1.54, 1.807) is 13.8 Å². The monoisotopic (exact) mass is 335 g/mol. The zero-order valence-electron chi connectivity index (χ0n) is 11.1. The van der Waals surface area contributed by atoms with E-state index in [4.69, 9.17) is 34.2 Å². The first-order valence-electron chi connectivity index (χ1n) is 5.88. The van der Waals surface area contributed by atoms with E-state index in [9.17, 15) is 8.42 Å². The summed E-state index contributed by atoms with van der Waals surface area (Å²) in [5.41, 5.74) is 5.68. The molecule has 110 valence electrons. The average Bonchev–Trinajstić information content (AvgIpc) is 2.41. The van der Waals surface area contributed by atoms with Crippen LogP contribution in [0.25, 0.3) is 0 Å². The third-order valence-corrected chi connectivity index (χ3v) is 5.59. The largest absolute Gasteiger partial charge is 0.396 e. The summed E-state index contributed by atoms with van der Waals surface area (Å²) in [5, 5.41) is 8.92. The number of nitrogen functional groups attached to an aromatic ring is 1. The van der Waals surface area contributed by atoms with Gasteiger partial charge in [-0.25, -0.2) is 8.42 Å². The molecule has 1 unspecified atom stereocenters. The van der Waals surface area contributed by atoms with Gasteiger partial charge >= 0.3 is 0 Å². The molecule has 0 radical (unpaired) electrons. The maximum Gasteiger partial charge on any atom is 0.244 e. The van der Waals surface area contributed by atoms with Gasteiger partial charge in [0.15, 0.2) is 0 Å². The average molecular weight is 336 g/mol. The van der Waals surface area contributed by atoms with Crippen molar-refractivity contribution in [2.45, 2.75) is 18.7 Å². The number of rotatable bonds is 5. The maximum atomic E-state index is 12.5. The minimum Gasteiger partial charge on any atom is -0.396 e. The summed E-state index contributed by atoms with van der Waals surface area (Å²) in [6, 6.07) is 4.71. The molecule has 0 heterocycles. The molecule has 0 saturated heterocycles. The van der Waals surface area contributed by atoms with Crippen LogP contribution in [0.4, 0.5) is 5.69 Å². The molecule has 1 atom stereocenters. The van der Waals surface area contributed by atoms with Crippen molar-refractivity contribution < 1.29 is 8.42 Å². The van der Waals surface area contributed by atoms with Crippen LogP contribution in [0.2, 0.25) is 10.0 Å². The third kappa shape index (κ3) is 3.36. The second kappa shape index (κ2) is 6.64. The number of benzene rings is 1. The lowest BCUT2D eigenvalue weighted by molar-refractivity contribution is 0.400. The first kappa shape index (κ1) is 17.1. The van der Waals surface area contributed by atoms with Crippen molar-refractivity contribution in [2.75, 3.05) is 18.8 Å². The Bertz CT molecular complexity index is 641. The Morgan fingerprint density at radius 1 is 1.45 bits per heavy atom. The van der Waals surface area contributed by atoms with Crippen molar-refractivity contribution in [3.8, 4) is 6.07 Å². The van der Waals surface area contributed by atoms with Gasteiger partial charge in [0.05, 0.1) is 27.7 Å². The van der Waals surface area contributed by atoms with Crippen LogP contribution in [0.15, 0.2) is 17.0 Å². The second-order valence-corrected chi connectivity index (χ2v) is 6.95. The number of anilines is 1. The lowest BCUT2D eigenvalue weighted by Gasteiger charge is -2.22. The van der Waals surface area contributed by atoms with Crippen LogP contribution in [0.3, 0.4) is 0 Å². The SMILES string of the molecule is CCN(CC(C)C#N)S(=O)(=O)c1ccc(Cl)c(N)c1Cl. The van der Waals surface area contributed by atoms with E-state index >= 15 is 0 Å². The molecule has 0 aromatic heterocycles. The molecule has 1 aromatic rings. The molecule has 8 heteroatoms. The van der Waals surface area contributed by atoms with Crippen LogP contribution >= 0.6 is 23.2 Å². The van der Waals surface area contributed by atoms with Gasteiger partial charge in [-0.15, -0.1) is 0 Å². The molecule has 1 rings (SSSR count). The molecule has 0 aliphatic rings. The van der Waals surface area contributed by atoms with Crippen molar-refractivity contribution in [3.05, 3.63) is 22.2 Å². The minimum atomic E-state index is -3.81. The summed E-state index contributed by atoms with van der Waals surface area (Å²) < 4.78 is 26.3. The number of hydrogen-bond acceptors (Lipinski definition) is 4. The number of nitriles is 1. The molecule has 0 bridgehead atoms. The Hall–Kier alpha value is -1.00. The van der Waals surface area contributed by atoms with E-state index in [1.165, 1.54) is 16.4 Å². The highest BCUT2D eigenvalue weighted by atomic mass is 35.5. The van der Waals surface area contributed by atoms with Gasteiger partial charge in [-0.3, -0.25) is 0 Å². The molecule has 1 aromatic carbocycles. The number of halogens is 2. The van der Waals surface area contributed by atoms with Crippen molar-refractivity contribution in [3.63, 3.8) is 0 Å². The summed E-state index contributed by atoms with van der Waals surface area (Å²) in [6.45, 7) is 3.66. The molecule has 5 nitrogen and oxygen atoms in total. The summed E-state index contributed by atoms with van der Waals surface area (Å²) in [7, 11) is -3.81.